The topological polar surface area (TPSA) is 12.5 Å². The maximum atomic E-state index is 6.09. The molecule has 1 aliphatic heterocycles. The summed E-state index contributed by atoms with van der Waals surface area (Å²) in [5.74, 6) is 0. The van der Waals surface area contributed by atoms with Crippen molar-refractivity contribution in [1.82, 2.24) is 4.90 Å². The molecule has 2 aromatic carbocycles. The highest BCUT2D eigenvalue weighted by Gasteiger charge is 2.43. The van der Waals surface area contributed by atoms with E-state index in [4.69, 9.17) is 16.3 Å². The molecule has 0 unspecified atom stereocenters. The summed E-state index contributed by atoms with van der Waals surface area (Å²) < 4.78 is 5.95. The average molecular weight is 386 g/mol. The van der Waals surface area contributed by atoms with Crippen LogP contribution in [0, 0.1) is 5.41 Å². The van der Waals surface area contributed by atoms with Crippen LogP contribution in [0.1, 0.15) is 44.7 Å². The Hall–Kier alpha value is -1.35. The van der Waals surface area contributed by atoms with Gasteiger partial charge in [-0.1, -0.05) is 54.1 Å². The molecule has 0 aromatic heterocycles. The van der Waals surface area contributed by atoms with Gasteiger partial charge in [0.1, 0.15) is 0 Å². The molecule has 0 amide bonds. The molecule has 0 bridgehead atoms. The predicted octanol–water partition coefficient (Wildman–Crippen LogP) is 5.94. The summed E-state index contributed by atoms with van der Waals surface area (Å²) in [5.41, 5.74) is 2.96. The number of aryl methyl sites for hydroxylation is 1. The second kappa shape index (κ2) is 8.77. The summed E-state index contributed by atoms with van der Waals surface area (Å²) in [7, 11) is 0. The van der Waals surface area contributed by atoms with E-state index in [2.05, 4.69) is 68.1 Å². The Kier molecular flexibility index (Phi) is 6.62. The van der Waals surface area contributed by atoms with Gasteiger partial charge in [0.15, 0.2) is 0 Å². The first-order chi connectivity index (χ1) is 13.0. The molecule has 2 nitrogen and oxygen atoms in total. The van der Waals surface area contributed by atoms with Gasteiger partial charge in [0.05, 0.1) is 6.61 Å². The van der Waals surface area contributed by atoms with E-state index in [0.717, 1.165) is 37.7 Å². The van der Waals surface area contributed by atoms with Crippen LogP contribution in [0.3, 0.4) is 0 Å². The van der Waals surface area contributed by atoms with E-state index in [9.17, 15) is 0 Å². The highest BCUT2D eigenvalue weighted by molar-refractivity contribution is 6.30. The van der Waals surface area contributed by atoms with Crippen molar-refractivity contribution in [2.45, 2.75) is 45.6 Å². The van der Waals surface area contributed by atoms with Crippen molar-refractivity contribution in [3.63, 3.8) is 0 Å². The number of halogens is 1. The second-order valence-electron chi connectivity index (χ2n) is 8.36. The van der Waals surface area contributed by atoms with E-state index >= 15 is 0 Å². The van der Waals surface area contributed by atoms with Crippen LogP contribution < -0.4 is 0 Å². The summed E-state index contributed by atoms with van der Waals surface area (Å²) in [6, 6.07) is 19.1. The minimum atomic E-state index is -0.00863. The van der Waals surface area contributed by atoms with Crippen LogP contribution in [0.15, 0.2) is 54.6 Å². The van der Waals surface area contributed by atoms with Crippen LogP contribution in [0.4, 0.5) is 0 Å². The van der Waals surface area contributed by atoms with Gasteiger partial charge in [0.25, 0.3) is 0 Å². The summed E-state index contributed by atoms with van der Waals surface area (Å²) in [4.78, 5) is 2.63. The van der Waals surface area contributed by atoms with Gasteiger partial charge in [-0.25, -0.2) is 0 Å². The lowest BCUT2D eigenvalue weighted by atomic mass is 9.81. The fraction of sp³-hybridized carbons (Fsp3) is 0.500. The second-order valence-corrected chi connectivity index (χ2v) is 8.80. The maximum absolute atomic E-state index is 6.09. The SMILES string of the molecule is CCOC[C@]1(CCc2ccccc2)CCN(C(C)(C)c2ccc(Cl)cc2)C1. The first kappa shape index (κ1) is 20.4. The van der Waals surface area contributed by atoms with Crippen molar-refractivity contribution in [1.29, 1.82) is 0 Å². The molecule has 2 aromatic rings. The molecule has 146 valence electrons. The number of hydrogen-bond acceptors (Lipinski definition) is 2. The van der Waals surface area contributed by atoms with Crippen LogP contribution in [0.2, 0.25) is 5.02 Å². The fourth-order valence-corrected chi connectivity index (χ4v) is 4.35. The highest BCUT2D eigenvalue weighted by Crippen LogP contribution is 2.41. The van der Waals surface area contributed by atoms with Gasteiger partial charge < -0.3 is 4.74 Å². The first-order valence-electron chi connectivity index (χ1n) is 10.1. The molecule has 27 heavy (non-hydrogen) atoms. The zero-order valence-electron chi connectivity index (χ0n) is 16.9. The van der Waals surface area contributed by atoms with Crippen LogP contribution in [-0.2, 0) is 16.7 Å². The van der Waals surface area contributed by atoms with Gasteiger partial charge in [0, 0.05) is 29.1 Å². The van der Waals surface area contributed by atoms with Gasteiger partial charge in [0.2, 0.25) is 0 Å². The van der Waals surface area contributed by atoms with Gasteiger partial charge >= 0.3 is 0 Å². The Morgan fingerprint density at radius 1 is 1.07 bits per heavy atom. The average Bonchev–Trinajstić information content (AvgIpc) is 3.12. The number of benzene rings is 2. The molecule has 3 heteroatoms. The predicted molar refractivity (Wildman–Crippen MR) is 114 cm³/mol. The maximum Gasteiger partial charge on any atom is 0.0535 e. The molecule has 3 rings (SSSR count). The number of hydrogen-bond donors (Lipinski definition) is 0. The summed E-state index contributed by atoms with van der Waals surface area (Å²) in [6.45, 7) is 10.6. The largest absolute Gasteiger partial charge is 0.381 e. The lowest BCUT2D eigenvalue weighted by molar-refractivity contribution is 0.0385. The minimum Gasteiger partial charge on any atom is -0.381 e. The van der Waals surface area contributed by atoms with Crippen LogP contribution >= 0.6 is 11.6 Å². The third-order valence-electron chi connectivity index (χ3n) is 6.18. The lowest BCUT2D eigenvalue weighted by Crippen LogP contribution is -2.42. The van der Waals surface area contributed by atoms with Crippen LogP contribution in [0.25, 0.3) is 0 Å². The van der Waals surface area contributed by atoms with E-state index in [1.807, 2.05) is 12.1 Å². The Morgan fingerprint density at radius 2 is 1.78 bits per heavy atom. The summed E-state index contributed by atoms with van der Waals surface area (Å²) in [6.07, 6.45) is 3.48. The van der Waals surface area contributed by atoms with Gasteiger partial charge in [-0.3, -0.25) is 4.90 Å². The molecule has 0 spiro atoms. The van der Waals surface area contributed by atoms with Gasteiger partial charge in [-0.2, -0.15) is 0 Å². The molecular formula is C24H32ClNO. The van der Waals surface area contributed by atoms with E-state index in [1.54, 1.807) is 0 Å². The Labute approximate surface area is 169 Å². The fourth-order valence-electron chi connectivity index (χ4n) is 4.22. The molecule has 0 aliphatic carbocycles. The summed E-state index contributed by atoms with van der Waals surface area (Å²) in [5, 5.41) is 0.796. The minimum absolute atomic E-state index is 0.00863. The molecule has 0 saturated carbocycles. The molecule has 1 saturated heterocycles. The highest BCUT2D eigenvalue weighted by atomic mass is 35.5. The number of ether oxygens (including phenoxy) is 1. The van der Waals surface area contributed by atoms with Crippen molar-refractivity contribution in [2.75, 3.05) is 26.3 Å². The van der Waals surface area contributed by atoms with Crippen molar-refractivity contribution in [3.8, 4) is 0 Å². The van der Waals surface area contributed by atoms with Gasteiger partial charge in [-0.15, -0.1) is 0 Å². The van der Waals surface area contributed by atoms with Crippen molar-refractivity contribution >= 4 is 11.6 Å². The van der Waals surface area contributed by atoms with Crippen molar-refractivity contribution < 1.29 is 4.74 Å². The lowest BCUT2D eigenvalue weighted by Gasteiger charge is -2.38. The smallest absolute Gasteiger partial charge is 0.0535 e. The van der Waals surface area contributed by atoms with Crippen LogP contribution in [0.5, 0.6) is 0 Å². The first-order valence-corrected chi connectivity index (χ1v) is 10.5. The van der Waals surface area contributed by atoms with Crippen LogP contribution in [-0.4, -0.2) is 31.2 Å². The third-order valence-corrected chi connectivity index (χ3v) is 6.43. The molecular weight excluding hydrogens is 354 g/mol. The standard InChI is InChI=1S/C24H32ClNO/c1-4-27-19-24(15-14-20-8-6-5-7-9-20)16-17-26(18-24)23(2,3)21-10-12-22(25)13-11-21/h5-13H,4,14-19H2,1-3H3/t24-/m1/s1. The van der Waals surface area contributed by atoms with E-state index in [1.165, 1.54) is 24.0 Å². The number of likely N-dealkylation sites (tertiary alicyclic amines) is 1. The van der Waals surface area contributed by atoms with Gasteiger partial charge in [-0.05, 0) is 69.8 Å². The molecule has 0 N–H and O–H groups in total. The van der Waals surface area contributed by atoms with E-state index in [-0.39, 0.29) is 11.0 Å². The summed E-state index contributed by atoms with van der Waals surface area (Å²) >= 11 is 6.09. The molecule has 1 fully saturated rings. The zero-order chi connectivity index (χ0) is 19.3. The van der Waals surface area contributed by atoms with Crippen molar-refractivity contribution in [2.24, 2.45) is 5.41 Å². The quantitative estimate of drug-likeness (QED) is 0.557. The molecule has 1 atom stereocenters. The monoisotopic (exact) mass is 385 g/mol. The third kappa shape index (κ3) is 4.93. The Morgan fingerprint density at radius 3 is 2.44 bits per heavy atom. The Bertz CT molecular complexity index is 713. The van der Waals surface area contributed by atoms with Crippen molar-refractivity contribution in [3.05, 3.63) is 70.7 Å². The number of rotatable bonds is 8. The zero-order valence-corrected chi connectivity index (χ0v) is 17.6. The Balaban J connectivity index is 1.73. The molecule has 0 radical (unpaired) electrons. The van der Waals surface area contributed by atoms with E-state index in [0.29, 0.717) is 0 Å². The van der Waals surface area contributed by atoms with E-state index < -0.39 is 0 Å². The molecule has 1 heterocycles. The number of nitrogens with zero attached hydrogens (tertiary/aromatic N) is 1. The molecule has 1 aliphatic rings. The normalized spacial score (nSPS) is 20.9.